The van der Waals surface area contributed by atoms with Gasteiger partial charge in [0.25, 0.3) is 0 Å². The maximum Gasteiger partial charge on any atom is 0.121 e. The summed E-state index contributed by atoms with van der Waals surface area (Å²) in [5.74, 6) is 1.05. The highest BCUT2D eigenvalue weighted by Crippen LogP contribution is 2.57. The molecule has 2 N–H and O–H groups in total. The first-order valence-electron chi connectivity index (χ1n) is 13.7. The fourth-order valence-corrected chi connectivity index (χ4v) is 6.27. The quantitative estimate of drug-likeness (QED) is 0.239. The van der Waals surface area contributed by atoms with E-state index >= 15 is 0 Å². The van der Waals surface area contributed by atoms with E-state index in [0.717, 1.165) is 47.9 Å². The SMILES string of the molecule is CCCCc1cc(C2(c3cc(C)c(O)c(C(C)CC)c3)c3ccccc3-c3ccccc32)cc(C)c1O. The molecular weight excluding hydrogens is 452 g/mol. The van der Waals surface area contributed by atoms with Crippen molar-refractivity contribution in [2.75, 3.05) is 0 Å². The van der Waals surface area contributed by atoms with Crippen molar-refractivity contribution in [2.45, 2.75) is 71.6 Å². The lowest BCUT2D eigenvalue weighted by molar-refractivity contribution is 0.457. The summed E-state index contributed by atoms with van der Waals surface area (Å²) < 4.78 is 0. The Bertz CT molecular complexity index is 1420. The lowest BCUT2D eigenvalue weighted by atomic mass is 9.66. The zero-order chi connectivity index (χ0) is 26.3. The monoisotopic (exact) mass is 490 g/mol. The van der Waals surface area contributed by atoms with Gasteiger partial charge in [0.1, 0.15) is 11.5 Å². The summed E-state index contributed by atoms with van der Waals surface area (Å²) in [6.45, 7) is 10.6. The summed E-state index contributed by atoms with van der Waals surface area (Å²) in [5.41, 5.74) is 10.6. The van der Waals surface area contributed by atoms with Crippen LogP contribution >= 0.6 is 0 Å². The van der Waals surface area contributed by atoms with Crippen LogP contribution in [0.2, 0.25) is 0 Å². The smallest absolute Gasteiger partial charge is 0.121 e. The van der Waals surface area contributed by atoms with Crippen LogP contribution < -0.4 is 0 Å². The second-order valence-electron chi connectivity index (χ2n) is 10.8. The van der Waals surface area contributed by atoms with Crippen LogP contribution in [-0.2, 0) is 11.8 Å². The van der Waals surface area contributed by atoms with Crippen LogP contribution in [0.25, 0.3) is 11.1 Å². The molecule has 190 valence electrons. The lowest BCUT2D eigenvalue weighted by Gasteiger charge is -2.35. The van der Waals surface area contributed by atoms with Gasteiger partial charge in [0, 0.05) is 0 Å². The van der Waals surface area contributed by atoms with Gasteiger partial charge < -0.3 is 10.2 Å². The number of rotatable bonds is 7. The van der Waals surface area contributed by atoms with Crippen molar-refractivity contribution in [2.24, 2.45) is 0 Å². The summed E-state index contributed by atoms with van der Waals surface area (Å²) in [7, 11) is 0. The molecule has 0 fully saturated rings. The third-order valence-electron chi connectivity index (χ3n) is 8.47. The number of fused-ring (bicyclic) bond motifs is 3. The second kappa shape index (κ2) is 9.74. The van der Waals surface area contributed by atoms with Crippen LogP contribution in [0.5, 0.6) is 11.5 Å². The van der Waals surface area contributed by atoms with E-state index in [1.54, 1.807) is 0 Å². The number of aromatic hydroxyl groups is 2. The Labute approximate surface area is 221 Å². The summed E-state index contributed by atoms with van der Waals surface area (Å²) in [6, 6.07) is 26.3. The van der Waals surface area contributed by atoms with Gasteiger partial charge in [-0.25, -0.2) is 0 Å². The molecule has 2 nitrogen and oxygen atoms in total. The van der Waals surface area contributed by atoms with E-state index in [1.807, 2.05) is 13.8 Å². The molecule has 0 saturated heterocycles. The van der Waals surface area contributed by atoms with E-state index in [2.05, 4.69) is 93.6 Å². The van der Waals surface area contributed by atoms with Gasteiger partial charge in [-0.15, -0.1) is 0 Å². The van der Waals surface area contributed by atoms with Crippen molar-refractivity contribution >= 4 is 0 Å². The maximum atomic E-state index is 11.1. The molecule has 1 atom stereocenters. The lowest BCUT2D eigenvalue weighted by Crippen LogP contribution is -2.29. The largest absolute Gasteiger partial charge is 0.507 e. The van der Waals surface area contributed by atoms with Gasteiger partial charge in [-0.2, -0.15) is 0 Å². The molecule has 0 saturated carbocycles. The average Bonchev–Trinajstić information content (AvgIpc) is 3.22. The Hall–Kier alpha value is -3.52. The van der Waals surface area contributed by atoms with Crippen molar-refractivity contribution < 1.29 is 10.2 Å². The molecule has 0 aliphatic heterocycles. The zero-order valence-electron chi connectivity index (χ0n) is 22.7. The second-order valence-corrected chi connectivity index (χ2v) is 10.8. The fraction of sp³-hybridized carbons (Fsp3) is 0.314. The van der Waals surface area contributed by atoms with Crippen LogP contribution in [-0.4, -0.2) is 10.2 Å². The number of unbranched alkanes of at least 4 members (excludes halogenated alkanes) is 1. The third-order valence-corrected chi connectivity index (χ3v) is 8.47. The molecule has 1 aliphatic rings. The van der Waals surface area contributed by atoms with Gasteiger partial charge in [0.05, 0.1) is 5.41 Å². The van der Waals surface area contributed by atoms with Crippen molar-refractivity contribution in [1.29, 1.82) is 0 Å². The molecule has 0 aromatic heterocycles. The Morgan fingerprint density at radius 3 is 1.84 bits per heavy atom. The molecular formula is C35H38O2. The topological polar surface area (TPSA) is 40.5 Å². The molecule has 0 radical (unpaired) electrons. The highest BCUT2D eigenvalue weighted by molar-refractivity contribution is 5.86. The number of hydrogen-bond donors (Lipinski definition) is 2. The Morgan fingerprint density at radius 1 is 0.730 bits per heavy atom. The maximum absolute atomic E-state index is 11.1. The van der Waals surface area contributed by atoms with Crippen molar-refractivity contribution in [3.8, 4) is 22.6 Å². The number of phenolic OH excluding ortho intramolecular Hbond substituents is 2. The Kier molecular flexibility index (Phi) is 6.62. The van der Waals surface area contributed by atoms with E-state index in [9.17, 15) is 10.2 Å². The van der Waals surface area contributed by atoms with E-state index in [-0.39, 0.29) is 5.92 Å². The molecule has 0 bridgehead atoms. The van der Waals surface area contributed by atoms with Gasteiger partial charge in [-0.05, 0) is 94.7 Å². The number of phenols is 2. The van der Waals surface area contributed by atoms with Crippen LogP contribution in [0, 0.1) is 13.8 Å². The number of benzene rings is 4. The minimum atomic E-state index is -0.548. The van der Waals surface area contributed by atoms with E-state index in [4.69, 9.17) is 0 Å². The first kappa shape index (κ1) is 25.1. The van der Waals surface area contributed by atoms with Crippen LogP contribution in [0.15, 0.2) is 72.8 Å². The van der Waals surface area contributed by atoms with Gasteiger partial charge in [-0.1, -0.05) is 100.0 Å². The molecule has 2 heteroatoms. The molecule has 4 aromatic carbocycles. The van der Waals surface area contributed by atoms with Gasteiger partial charge in [0.15, 0.2) is 0 Å². The van der Waals surface area contributed by atoms with E-state index in [0.29, 0.717) is 11.5 Å². The van der Waals surface area contributed by atoms with Gasteiger partial charge in [-0.3, -0.25) is 0 Å². The minimum Gasteiger partial charge on any atom is -0.507 e. The van der Waals surface area contributed by atoms with E-state index < -0.39 is 5.41 Å². The molecule has 4 aromatic rings. The van der Waals surface area contributed by atoms with Crippen LogP contribution in [0.1, 0.15) is 90.5 Å². The van der Waals surface area contributed by atoms with Crippen molar-refractivity contribution in [1.82, 2.24) is 0 Å². The average molecular weight is 491 g/mol. The predicted octanol–water partition coefficient (Wildman–Crippen LogP) is 8.93. The highest BCUT2D eigenvalue weighted by atomic mass is 16.3. The normalized spacial score (nSPS) is 14.3. The third kappa shape index (κ3) is 3.85. The molecule has 0 amide bonds. The van der Waals surface area contributed by atoms with Crippen LogP contribution in [0.3, 0.4) is 0 Å². The summed E-state index contributed by atoms with van der Waals surface area (Å²) in [4.78, 5) is 0. The number of aryl methyl sites for hydroxylation is 3. The predicted molar refractivity (Wildman–Crippen MR) is 154 cm³/mol. The molecule has 0 heterocycles. The highest BCUT2D eigenvalue weighted by Gasteiger charge is 2.46. The van der Waals surface area contributed by atoms with Crippen molar-refractivity contribution in [3.63, 3.8) is 0 Å². The Balaban J connectivity index is 1.93. The first-order valence-corrected chi connectivity index (χ1v) is 13.7. The summed E-state index contributed by atoms with van der Waals surface area (Å²) in [5, 5.41) is 22.1. The zero-order valence-corrected chi connectivity index (χ0v) is 22.7. The summed E-state index contributed by atoms with van der Waals surface area (Å²) in [6.07, 6.45) is 3.92. The standard InChI is InChI=1S/C35H38O2/c1-6-8-13-25-20-26(18-23(4)33(25)36)35(27-19-24(5)34(37)30(21-27)22(3)7-2)31-16-11-9-14-28(31)29-15-10-12-17-32(29)35/h9-12,14-22,36-37H,6-8,13H2,1-5H3. The molecule has 0 spiro atoms. The Morgan fingerprint density at radius 2 is 1.27 bits per heavy atom. The van der Waals surface area contributed by atoms with Gasteiger partial charge >= 0.3 is 0 Å². The summed E-state index contributed by atoms with van der Waals surface area (Å²) >= 11 is 0. The minimum absolute atomic E-state index is 0.240. The molecule has 1 aliphatic carbocycles. The van der Waals surface area contributed by atoms with Gasteiger partial charge in [0.2, 0.25) is 0 Å². The van der Waals surface area contributed by atoms with Crippen LogP contribution in [0.4, 0.5) is 0 Å². The number of hydrogen-bond acceptors (Lipinski definition) is 2. The van der Waals surface area contributed by atoms with Crippen molar-refractivity contribution in [3.05, 3.63) is 117 Å². The molecule has 1 unspecified atom stereocenters. The molecule has 37 heavy (non-hydrogen) atoms. The van der Waals surface area contributed by atoms with E-state index in [1.165, 1.54) is 33.4 Å². The molecule has 5 rings (SSSR count). The fourth-order valence-electron chi connectivity index (χ4n) is 6.27. The first-order chi connectivity index (χ1) is 17.8.